The van der Waals surface area contributed by atoms with E-state index in [2.05, 4.69) is 20.8 Å². The van der Waals surface area contributed by atoms with Crippen LogP contribution in [0.2, 0.25) is 0 Å². The van der Waals surface area contributed by atoms with Crippen molar-refractivity contribution in [1.82, 2.24) is 0 Å². The Kier molecular flexibility index (Phi) is 4.31. The molecule has 1 fully saturated rings. The molecule has 1 aliphatic carbocycles. The Morgan fingerprint density at radius 3 is 2.21 bits per heavy atom. The zero-order valence-electron chi connectivity index (χ0n) is 9.55. The van der Waals surface area contributed by atoms with Crippen molar-refractivity contribution in [3.05, 3.63) is 0 Å². The zero-order valence-corrected chi connectivity index (χ0v) is 10.4. The Balaban J connectivity index is 2.67. The van der Waals surface area contributed by atoms with Gasteiger partial charge in [-0.1, -0.05) is 48.2 Å². The van der Waals surface area contributed by atoms with Crippen LogP contribution in [-0.4, -0.2) is 17.2 Å². The molecule has 0 aromatic rings. The van der Waals surface area contributed by atoms with Gasteiger partial charge in [0, 0.05) is 11.0 Å². The zero-order chi connectivity index (χ0) is 10.6. The van der Waals surface area contributed by atoms with E-state index < -0.39 is 0 Å². The SMILES string of the molecule is CC(C)(C)C(C=O)=PC1CCCCC1. The van der Waals surface area contributed by atoms with Gasteiger partial charge in [-0.2, -0.15) is 0 Å². The second-order valence-electron chi connectivity index (χ2n) is 5.17. The molecule has 0 aliphatic heterocycles. The molecule has 1 saturated carbocycles. The van der Waals surface area contributed by atoms with Crippen LogP contribution in [0.15, 0.2) is 0 Å². The summed E-state index contributed by atoms with van der Waals surface area (Å²) in [5.41, 5.74) is 0.809. The fourth-order valence-electron chi connectivity index (χ4n) is 1.81. The van der Waals surface area contributed by atoms with E-state index in [-0.39, 0.29) is 5.41 Å². The summed E-state index contributed by atoms with van der Waals surface area (Å²) in [6.45, 7) is 6.39. The quantitative estimate of drug-likeness (QED) is 0.504. The summed E-state index contributed by atoms with van der Waals surface area (Å²) >= 11 is 0. The van der Waals surface area contributed by atoms with Gasteiger partial charge in [0.05, 0.1) is 0 Å². The molecule has 0 unspecified atom stereocenters. The van der Waals surface area contributed by atoms with Gasteiger partial charge in [-0.3, -0.25) is 4.79 Å². The maximum absolute atomic E-state index is 11.0. The second-order valence-corrected chi connectivity index (χ2v) is 6.64. The Bertz CT molecular complexity index is 219. The van der Waals surface area contributed by atoms with Crippen molar-refractivity contribution in [2.75, 3.05) is 0 Å². The highest BCUT2D eigenvalue weighted by atomic mass is 31.1. The van der Waals surface area contributed by atoms with Gasteiger partial charge in [-0.25, -0.2) is 0 Å². The molecule has 2 heteroatoms. The molecule has 0 heterocycles. The number of hydrogen-bond acceptors (Lipinski definition) is 1. The summed E-state index contributed by atoms with van der Waals surface area (Å²) in [5.74, 6) is 0. The molecule has 0 amide bonds. The van der Waals surface area contributed by atoms with Crippen LogP contribution < -0.4 is 0 Å². The predicted octanol–water partition coefficient (Wildman–Crippen LogP) is 3.68. The highest BCUT2D eigenvalue weighted by molar-refractivity contribution is 7.44. The molecule has 0 saturated heterocycles. The lowest BCUT2D eigenvalue weighted by molar-refractivity contribution is -0.102. The standard InChI is InChI=1S/C12H21OP/c1-12(2,3)11(9-13)14-10-7-5-4-6-8-10/h9-10H,4-8H2,1-3H3. The first kappa shape index (κ1) is 11.9. The fourth-order valence-corrected chi connectivity index (χ4v) is 3.27. The minimum Gasteiger partial charge on any atom is -0.298 e. The van der Waals surface area contributed by atoms with Crippen molar-refractivity contribution in [3.63, 3.8) is 0 Å². The van der Waals surface area contributed by atoms with Crippen LogP contribution in [0, 0.1) is 5.41 Å². The van der Waals surface area contributed by atoms with E-state index in [0.29, 0.717) is 0 Å². The normalized spacial score (nSPS) is 20.9. The van der Waals surface area contributed by atoms with Crippen LogP contribution in [0.3, 0.4) is 0 Å². The van der Waals surface area contributed by atoms with Gasteiger partial charge in [0.25, 0.3) is 0 Å². The van der Waals surface area contributed by atoms with Crippen LogP contribution in [0.1, 0.15) is 52.9 Å². The molecule has 0 N–H and O–H groups in total. The van der Waals surface area contributed by atoms with Crippen LogP contribution in [-0.2, 0) is 4.79 Å². The summed E-state index contributed by atoms with van der Waals surface area (Å²) in [4.78, 5) is 11.0. The topological polar surface area (TPSA) is 17.1 Å². The lowest BCUT2D eigenvalue weighted by Crippen LogP contribution is -2.21. The van der Waals surface area contributed by atoms with Gasteiger partial charge in [0.15, 0.2) is 6.29 Å². The largest absolute Gasteiger partial charge is 0.298 e. The first-order valence-electron chi connectivity index (χ1n) is 5.57. The molecule has 0 spiro atoms. The number of aldehydes is 1. The molecular formula is C12H21OP. The average molecular weight is 212 g/mol. The van der Waals surface area contributed by atoms with Crippen LogP contribution in [0.25, 0.3) is 0 Å². The van der Waals surface area contributed by atoms with Crippen molar-refractivity contribution in [1.29, 1.82) is 0 Å². The van der Waals surface area contributed by atoms with Gasteiger partial charge in [-0.05, 0) is 18.3 Å². The van der Waals surface area contributed by atoms with E-state index in [9.17, 15) is 4.79 Å². The molecule has 0 radical (unpaired) electrons. The monoisotopic (exact) mass is 212 g/mol. The summed E-state index contributed by atoms with van der Waals surface area (Å²) < 4.78 is 0. The lowest BCUT2D eigenvalue weighted by Gasteiger charge is -2.23. The second kappa shape index (κ2) is 5.07. The van der Waals surface area contributed by atoms with E-state index >= 15 is 0 Å². The van der Waals surface area contributed by atoms with E-state index in [0.717, 1.165) is 17.2 Å². The van der Waals surface area contributed by atoms with E-state index in [1.165, 1.54) is 40.3 Å². The van der Waals surface area contributed by atoms with E-state index in [1.54, 1.807) is 0 Å². The third kappa shape index (κ3) is 3.53. The van der Waals surface area contributed by atoms with Crippen LogP contribution in [0.5, 0.6) is 0 Å². The van der Waals surface area contributed by atoms with E-state index in [4.69, 9.17) is 0 Å². The minimum atomic E-state index is 0.0563. The van der Waals surface area contributed by atoms with Crippen molar-refractivity contribution >= 4 is 19.8 Å². The van der Waals surface area contributed by atoms with Crippen molar-refractivity contribution in [2.45, 2.75) is 58.5 Å². The highest BCUT2D eigenvalue weighted by Crippen LogP contribution is 2.31. The number of carbonyl (C=O) groups excluding carboxylic acids is 1. The maximum atomic E-state index is 11.0. The molecule has 1 aliphatic rings. The molecule has 0 atom stereocenters. The molecule has 80 valence electrons. The first-order valence-corrected chi connectivity index (χ1v) is 6.54. The molecule has 0 bridgehead atoms. The van der Waals surface area contributed by atoms with Crippen LogP contribution in [0.4, 0.5) is 0 Å². The molecular weight excluding hydrogens is 191 g/mol. The van der Waals surface area contributed by atoms with Gasteiger partial charge in [0.2, 0.25) is 0 Å². The van der Waals surface area contributed by atoms with Crippen molar-refractivity contribution < 1.29 is 4.79 Å². The average Bonchev–Trinajstić information content (AvgIpc) is 2.14. The van der Waals surface area contributed by atoms with Crippen molar-refractivity contribution in [3.8, 4) is 0 Å². The third-order valence-electron chi connectivity index (χ3n) is 2.78. The Hall–Kier alpha value is -0.160. The summed E-state index contributed by atoms with van der Waals surface area (Å²) in [6.07, 6.45) is 7.81. The maximum Gasteiger partial charge on any atom is 0.150 e. The smallest absolute Gasteiger partial charge is 0.150 e. The molecule has 0 aromatic heterocycles. The Labute approximate surface area is 89.1 Å². The number of rotatable bonds is 2. The van der Waals surface area contributed by atoms with Gasteiger partial charge >= 0.3 is 0 Å². The lowest BCUT2D eigenvalue weighted by atomic mass is 9.93. The molecule has 14 heavy (non-hydrogen) atoms. The van der Waals surface area contributed by atoms with Gasteiger partial charge in [0.1, 0.15) is 0 Å². The fraction of sp³-hybridized carbons (Fsp3) is 0.833. The van der Waals surface area contributed by atoms with Gasteiger partial charge < -0.3 is 0 Å². The number of hydrogen-bond donors (Lipinski definition) is 0. The number of carbonyl (C=O) groups is 1. The van der Waals surface area contributed by atoms with Crippen LogP contribution >= 0.6 is 8.20 Å². The molecule has 1 nitrogen and oxygen atoms in total. The summed E-state index contributed by atoms with van der Waals surface area (Å²) in [6, 6.07) is 0. The molecule has 1 rings (SSSR count). The summed E-state index contributed by atoms with van der Waals surface area (Å²) in [7, 11) is 1.30. The minimum absolute atomic E-state index is 0.0563. The summed E-state index contributed by atoms with van der Waals surface area (Å²) in [5, 5.41) is 1.07. The van der Waals surface area contributed by atoms with Gasteiger partial charge in [-0.15, -0.1) is 0 Å². The highest BCUT2D eigenvalue weighted by Gasteiger charge is 2.20. The van der Waals surface area contributed by atoms with E-state index in [1.807, 2.05) is 0 Å². The predicted molar refractivity (Wildman–Crippen MR) is 64.3 cm³/mol. The first-order chi connectivity index (χ1) is 6.54. The molecule has 0 aromatic carbocycles. The Morgan fingerprint density at radius 2 is 1.79 bits per heavy atom. The third-order valence-corrected chi connectivity index (χ3v) is 4.71. The van der Waals surface area contributed by atoms with Crippen molar-refractivity contribution in [2.24, 2.45) is 5.41 Å². The Morgan fingerprint density at radius 1 is 1.21 bits per heavy atom.